The van der Waals surface area contributed by atoms with Gasteiger partial charge in [0.05, 0.1) is 12.6 Å². The lowest BCUT2D eigenvalue weighted by molar-refractivity contribution is 0.181. The van der Waals surface area contributed by atoms with E-state index in [1.807, 2.05) is 19.3 Å². The molecule has 0 bridgehead atoms. The van der Waals surface area contributed by atoms with Crippen molar-refractivity contribution < 1.29 is 4.74 Å². The average Bonchev–Trinajstić information content (AvgIpc) is 2.33. The standard InChI is InChI=1S/C13H23N3O/c1-5-16(11(2)10-17-4)13-12(9-14-3)7-6-8-15-13/h6-8,11,14H,5,9-10H2,1-4H3. The molecule has 1 unspecified atom stereocenters. The predicted molar refractivity (Wildman–Crippen MR) is 71.4 cm³/mol. The summed E-state index contributed by atoms with van der Waals surface area (Å²) in [6, 6.07) is 4.42. The van der Waals surface area contributed by atoms with E-state index in [4.69, 9.17) is 4.74 Å². The number of rotatable bonds is 7. The number of likely N-dealkylation sites (N-methyl/N-ethyl adjacent to an activating group) is 1. The summed E-state index contributed by atoms with van der Waals surface area (Å²) in [5, 5.41) is 3.18. The molecule has 1 aromatic rings. The number of methoxy groups -OCH3 is 1. The van der Waals surface area contributed by atoms with Crippen molar-refractivity contribution in [2.24, 2.45) is 0 Å². The zero-order valence-electron chi connectivity index (χ0n) is 11.2. The maximum atomic E-state index is 5.22. The molecule has 1 N–H and O–H groups in total. The Bertz CT molecular complexity index is 330. The minimum Gasteiger partial charge on any atom is -0.383 e. The molecule has 0 fully saturated rings. The minimum atomic E-state index is 0.329. The van der Waals surface area contributed by atoms with Crippen LogP contribution in [-0.2, 0) is 11.3 Å². The largest absolute Gasteiger partial charge is 0.383 e. The van der Waals surface area contributed by atoms with E-state index in [2.05, 4.69) is 35.1 Å². The summed E-state index contributed by atoms with van der Waals surface area (Å²) in [4.78, 5) is 6.78. The van der Waals surface area contributed by atoms with Gasteiger partial charge in [0.2, 0.25) is 0 Å². The Labute approximate surface area is 104 Å². The number of pyridine rings is 1. The number of ether oxygens (including phenoxy) is 1. The summed E-state index contributed by atoms with van der Waals surface area (Å²) < 4.78 is 5.22. The third kappa shape index (κ3) is 3.68. The molecule has 0 amide bonds. The van der Waals surface area contributed by atoms with Crippen LogP contribution in [0.15, 0.2) is 18.3 Å². The predicted octanol–water partition coefficient (Wildman–Crippen LogP) is 1.66. The molecular weight excluding hydrogens is 214 g/mol. The highest BCUT2D eigenvalue weighted by Crippen LogP contribution is 2.19. The minimum absolute atomic E-state index is 0.329. The lowest BCUT2D eigenvalue weighted by Crippen LogP contribution is -2.37. The molecule has 1 aromatic heterocycles. The van der Waals surface area contributed by atoms with Crippen LogP contribution < -0.4 is 10.2 Å². The molecule has 17 heavy (non-hydrogen) atoms. The van der Waals surface area contributed by atoms with Gasteiger partial charge in [-0.3, -0.25) is 0 Å². The molecule has 1 heterocycles. The average molecular weight is 237 g/mol. The molecule has 0 saturated heterocycles. The fourth-order valence-corrected chi connectivity index (χ4v) is 2.02. The highest BCUT2D eigenvalue weighted by molar-refractivity contribution is 5.47. The Balaban J connectivity index is 2.93. The van der Waals surface area contributed by atoms with Crippen LogP contribution in [0.5, 0.6) is 0 Å². The molecule has 96 valence electrons. The van der Waals surface area contributed by atoms with Crippen LogP contribution in [0.4, 0.5) is 5.82 Å². The number of anilines is 1. The number of hydrogen-bond acceptors (Lipinski definition) is 4. The van der Waals surface area contributed by atoms with Gasteiger partial charge in [-0.05, 0) is 27.0 Å². The van der Waals surface area contributed by atoms with Crippen molar-refractivity contribution in [2.75, 3.05) is 32.2 Å². The summed E-state index contributed by atoms with van der Waals surface area (Å²) in [5.41, 5.74) is 1.22. The van der Waals surface area contributed by atoms with Crippen molar-refractivity contribution in [3.8, 4) is 0 Å². The fraction of sp³-hybridized carbons (Fsp3) is 0.615. The summed E-state index contributed by atoms with van der Waals surface area (Å²) in [6.07, 6.45) is 1.84. The number of nitrogens with zero attached hydrogens (tertiary/aromatic N) is 2. The van der Waals surface area contributed by atoms with E-state index >= 15 is 0 Å². The van der Waals surface area contributed by atoms with Crippen LogP contribution in [0.25, 0.3) is 0 Å². The van der Waals surface area contributed by atoms with Crippen LogP contribution >= 0.6 is 0 Å². The second-order valence-corrected chi connectivity index (χ2v) is 4.11. The Morgan fingerprint density at radius 1 is 1.53 bits per heavy atom. The van der Waals surface area contributed by atoms with Gasteiger partial charge in [-0.2, -0.15) is 0 Å². The normalized spacial score (nSPS) is 12.5. The molecule has 0 aliphatic heterocycles. The Kier molecular flexibility index (Phi) is 5.94. The van der Waals surface area contributed by atoms with E-state index in [0.29, 0.717) is 12.6 Å². The molecule has 0 aliphatic carbocycles. The number of nitrogens with one attached hydrogen (secondary N) is 1. The second-order valence-electron chi connectivity index (χ2n) is 4.11. The van der Waals surface area contributed by atoms with Crippen molar-refractivity contribution >= 4 is 5.82 Å². The maximum Gasteiger partial charge on any atom is 0.133 e. The first-order valence-electron chi connectivity index (χ1n) is 6.08. The molecule has 4 heteroatoms. The van der Waals surface area contributed by atoms with Gasteiger partial charge < -0.3 is 15.0 Å². The van der Waals surface area contributed by atoms with Gasteiger partial charge in [0.1, 0.15) is 5.82 Å². The lowest BCUT2D eigenvalue weighted by Gasteiger charge is -2.30. The molecule has 0 aromatic carbocycles. The van der Waals surface area contributed by atoms with Crippen molar-refractivity contribution in [3.05, 3.63) is 23.9 Å². The van der Waals surface area contributed by atoms with Crippen molar-refractivity contribution in [1.29, 1.82) is 0 Å². The summed E-state index contributed by atoms with van der Waals surface area (Å²) >= 11 is 0. The molecule has 1 rings (SSSR count). The smallest absolute Gasteiger partial charge is 0.133 e. The van der Waals surface area contributed by atoms with E-state index in [0.717, 1.165) is 18.9 Å². The van der Waals surface area contributed by atoms with Gasteiger partial charge in [0.15, 0.2) is 0 Å². The van der Waals surface area contributed by atoms with Gasteiger partial charge in [0.25, 0.3) is 0 Å². The maximum absolute atomic E-state index is 5.22. The van der Waals surface area contributed by atoms with E-state index in [1.165, 1.54) is 5.56 Å². The second kappa shape index (κ2) is 7.25. The Morgan fingerprint density at radius 2 is 2.29 bits per heavy atom. The monoisotopic (exact) mass is 237 g/mol. The Hall–Kier alpha value is -1.13. The lowest BCUT2D eigenvalue weighted by atomic mass is 10.2. The quantitative estimate of drug-likeness (QED) is 0.782. The van der Waals surface area contributed by atoms with Gasteiger partial charge >= 0.3 is 0 Å². The first kappa shape index (κ1) is 13.9. The van der Waals surface area contributed by atoms with Crippen LogP contribution in [0.3, 0.4) is 0 Å². The molecule has 1 atom stereocenters. The van der Waals surface area contributed by atoms with Gasteiger partial charge in [-0.1, -0.05) is 6.07 Å². The van der Waals surface area contributed by atoms with E-state index in [9.17, 15) is 0 Å². The first-order valence-corrected chi connectivity index (χ1v) is 6.08. The summed E-state index contributed by atoms with van der Waals surface area (Å²) in [7, 11) is 3.68. The van der Waals surface area contributed by atoms with Crippen LogP contribution in [0.1, 0.15) is 19.4 Å². The van der Waals surface area contributed by atoms with E-state index < -0.39 is 0 Å². The third-order valence-corrected chi connectivity index (χ3v) is 2.79. The number of aromatic nitrogens is 1. The van der Waals surface area contributed by atoms with E-state index in [1.54, 1.807) is 7.11 Å². The molecule has 0 radical (unpaired) electrons. The summed E-state index contributed by atoms with van der Waals surface area (Å²) in [5.74, 6) is 1.05. The van der Waals surface area contributed by atoms with Crippen LogP contribution in [0, 0.1) is 0 Å². The Morgan fingerprint density at radius 3 is 2.88 bits per heavy atom. The van der Waals surface area contributed by atoms with Gasteiger partial charge in [-0.15, -0.1) is 0 Å². The SMILES string of the molecule is CCN(c1ncccc1CNC)C(C)COC. The zero-order chi connectivity index (χ0) is 12.7. The molecular formula is C13H23N3O. The highest BCUT2D eigenvalue weighted by atomic mass is 16.5. The topological polar surface area (TPSA) is 37.4 Å². The van der Waals surface area contributed by atoms with Crippen molar-refractivity contribution in [1.82, 2.24) is 10.3 Å². The molecule has 4 nitrogen and oxygen atoms in total. The summed E-state index contributed by atoms with van der Waals surface area (Å²) in [6.45, 7) is 6.77. The van der Waals surface area contributed by atoms with Crippen molar-refractivity contribution in [3.63, 3.8) is 0 Å². The van der Waals surface area contributed by atoms with E-state index in [-0.39, 0.29) is 0 Å². The van der Waals surface area contributed by atoms with Gasteiger partial charge in [0, 0.05) is 32.0 Å². The third-order valence-electron chi connectivity index (χ3n) is 2.79. The van der Waals surface area contributed by atoms with Crippen molar-refractivity contribution in [2.45, 2.75) is 26.4 Å². The fourth-order valence-electron chi connectivity index (χ4n) is 2.02. The number of hydrogen-bond donors (Lipinski definition) is 1. The highest BCUT2D eigenvalue weighted by Gasteiger charge is 2.16. The molecule has 0 saturated carbocycles. The molecule has 0 spiro atoms. The first-order chi connectivity index (χ1) is 8.24. The van der Waals surface area contributed by atoms with Crippen LogP contribution in [-0.4, -0.2) is 38.3 Å². The van der Waals surface area contributed by atoms with Gasteiger partial charge in [-0.25, -0.2) is 4.98 Å². The van der Waals surface area contributed by atoms with Crippen LogP contribution in [0.2, 0.25) is 0 Å². The zero-order valence-corrected chi connectivity index (χ0v) is 11.2. The molecule has 0 aliphatic rings.